The number of hydrogen-bond donors (Lipinski definition) is 3. The summed E-state index contributed by atoms with van der Waals surface area (Å²) >= 11 is 0. The van der Waals surface area contributed by atoms with Crippen molar-refractivity contribution in [1.29, 1.82) is 0 Å². The molecule has 1 aliphatic heterocycles. The van der Waals surface area contributed by atoms with Crippen molar-refractivity contribution in [3.8, 4) is 0 Å². The molecule has 1 aromatic carbocycles. The average Bonchev–Trinajstić information content (AvgIpc) is 2.54. The molecule has 1 heterocycles. The summed E-state index contributed by atoms with van der Waals surface area (Å²) in [7, 11) is 0. The standard InChI is InChI=1S/C17H22N4.C2H6/c1-12-5-7-16-8-6-15(10-17(16)20-12)11-19-13(2)9-14(3)21-18-4;1-2/h6,8,10,19-21H,1-5,7,9,11H2;1-2H3. The Morgan fingerprint density at radius 1 is 1.22 bits per heavy atom. The van der Waals surface area contributed by atoms with Crippen molar-refractivity contribution in [2.45, 2.75) is 39.7 Å². The van der Waals surface area contributed by atoms with Crippen LogP contribution in [-0.2, 0) is 13.0 Å². The lowest BCUT2D eigenvalue weighted by Gasteiger charge is -2.21. The van der Waals surface area contributed by atoms with Crippen molar-refractivity contribution in [2.24, 2.45) is 5.10 Å². The van der Waals surface area contributed by atoms with Gasteiger partial charge in [-0.3, -0.25) is 5.43 Å². The summed E-state index contributed by atoms with van der Waals surface area (Å²) in [6, 6.07) is 6.49. The predicted molar refractivity (Wildman–Crippen MR) is 101 cm³/mol. The van der Waals surface area contributed by atoms with Crippen molar-refractivity contribution >= 4 is 12.4 Å². The normalized spacial score (nSPS) is 12.0. The lowest BCUT2D eigenvalue weighted by Crippen LogP contribution is -2.16. The lowest BCUT2D eigenvalue weighted by molar-refractivity contribution is 0.751. The van der Waals surface area contributed by atoms with Crippen LogP contribution in [-0.4, -0.2) is 6.72 Å². The van der Waals surface area contributed by atoms with Gasteiger partial charge in [0.2, 0.25) is 0 Å². The van der Waals surface area contributed by atoms with E-state index in [4.69, 9.17) is 0 Å². The molecular weight excluding hydrogens is 284 g/mol. The van der Waals surface area contributed by atoms with Gasteiger partial charge in [0.05, 0.1) is 0 Å². The molecule has 0 bridgehead atoms. The van der Waals surface area contributed by atoms with Crippen molar-refractivity contribution < 1.29 is 0 Å². The summed E-state index contributed by atoms with van der Waals surface area (Å²) in [5.74, 6) is 0. The molecule has 4 nitrogen and oxygen atoms in total. The third-order valence-electron chi connectivity index (χ3n) is 3.39. The van der Waals surface area contributed by atoms with Gasteiger partial charge in [-0.25, -0.2) is 0 Å². The molecule has 0 fully saturated rings. The Bertz CT molecular complexity index is 587. The van der Waals surface area contributed by atoms with Crippen LogP contribution in [0.25, 0.3) is 0 Å². The van der Waals surface area contributed by atoms with Gasteiger partial charge >= 0.3 is 0 Å². The quantitative estimate of drug-likeness (QED) is 0.520. The summed E-state index contributed by atoms with van der Waals surface area (Å²) in [5, 5.41) is 10.2. The third-order valence-corrected chi connectivity index (χ3v) is 3.39. The SMILES string of the molecule is C=NNC(=C)CC(=C)NCc1ccc2c(c1)NC(=C)CC2.CC. The van der Waals surface area contributed by atoms with E-state index in [0.29, 0.717) is 6.42 Å². The smallest absolute Gasteiger partial charge is 0.0417 e. The second-order valence-electron chi connectivity index (χ2n) is 5.23. The Kier molecular flexibility index (Phi) is 7.67. The molecule has 0 unspecified atom stereocenters. The molecule has 0 aliphatic carbocycles. The number of anilines is 1. The highest BCUT2D eigenvalue weighted by Crippen LogP contribution is 2.26. The minimum atomic E-state index is 0.624. The summed E-state index contributed by atoms with van der Waals surface area (Å²) in [6.07, 6.45) is 2.69. The van der Waals surface area contributed by atoms with Crippen LogP contribution in [0.15, 0.2) is 60.1 Å². The fourth-order valence-electron chi connectivity index (χ4n) is 2.30. The number of hydrazone groups is 1. The molecule has 0 amide bonds. The molecule has 0 saturated carbocycles. The molecule has 0 atom stereocenters. The third kappa shape index (κ3) is 6.02. The van der Waals surface area contributed by atoms with Crippen LogP contribution in [0.5, 0.6) is 0 Å². The number of allylic oxidation sites excluding steroid dienone is 1. The van der Waals surface area contributed by atoms with Crippen LogP contribution in [0.2, 0.25) is 0 Å². The second kappa shape index (κ2) is 9.51. The Morgan fingerprint density at radius 2 is 1.96 bits per heavy atom. The van der Waals surface area contributed by atoms with Gasteiger partial charge in [0.15, 0.2) is 0 Å². The number of rotatable bonds is 7. The first kappa shape index (κ1) is 18.6. The number of nitrogens with zero attached hydrogens (tertiary/aromatic N) is 1. The van der Waals surface area contributed by atoms with Gasteiger partial charge < -0.3 is 10.6 Å². The van der Waals surface area contributed by atoms with Crippen molar-refractivity contribution in [3.63, 3.8) is 0 Å². The van der Waals surface area contributed by atoms with E-state index in [1.807, 2.05) is 13.8 Å². The van der Waals surface area contributed by atoms with Crippen LogP contribution in [0.4, 0.5) is 5.69 Å². The van der Waals surface area contributed by atoms with Crippen LogP contribution in [0.1, 0.15) is 37.8 Å². The summed E-state index contributed by atoms with van der Waals surface area (Å²) in [4.78, 5) is 0. The van der Waals surface area contributed by atoms with Gasteiger partial charge in [0.1, 0.15) is 0 Å². The maximum absolute atomic E-state index is 4.00. The van der Waals surface area contributed by atoms with E-state index >= 15 is 0 Å². The highest BCUT2D eigenvalue weighted by molar-refractivity contribution is 5.59. The zero-order chi connectivity index (χ0) is 17.2. The number of benzene rings is 1. The number of aryl methyl sites for hydroxylation is 1. The van der Waals surface area contributed by atoms with E-state index in [1.54, 1.807) is 0 Å². The van der Waals surface area contributed by atoms with Crippen LogP contribution < -0.4 is 16.1 Å². The summed E-state index contributed by atoms with van der Waals surface area (Å²) in [5.41, 5.74) is 9.18. The van der Waals surface area contributed by atoms with Crippen molar-refractivity contribution in [2.75, 3.05) is 5.32 Å². The Labute approximate surface area is 140 Å². The van der Waals surface area contributed by atoms with E-state index in [2.05, 4.69) is 65.8 Å². The molecule has 1 aliphatic rings. The molecule has 2 rings (SSSR count). The molecule has 1 aromatic rings. The zero-order valence-corrected chi connectivity index (χ0v) is 14.3. The van der Waals surface area contributed by atoms with Gasteiger partial charge in [0.25, 0.3) is 0 Å². The van der Waals surface area contributed by atoms with Crippen LogP contribution in [0.3, 0.4) is 0 Å². The molecular formula is C19H28N4. The van der Waals surface area contributed by atoms with Gasteiger partial charge in [0, 0.05) is 42.5 Å². The largest absolute Gasteiger partial charge is 0.384 e. The number of fused-ring (bicyclic) bond motifs is 1. The highest BCUT2D eigenvalue weighted by Gasteiger charge is 2.11. The van der Waals surface area contributed by atoms with E-state index in [1.165, 1.54) is 11.1 Å². The molecule has 23 heavy (non-hydrogen) atoms. The molecule has 0 saturated heterocycles. The monoisotopic (exact) mass is 312 g/mol. The van der Waals surface area contributed by atoms with Crippen molar-refractivity contribution in [1.82, 2.24) is 10.7 Å². The number of nitrogens with one attached hydrogen (secondary N) is 3. The second-order valence-corrected chi connectivity index (χ2v) is 5.23. The fraction of sp³-hybridized carbons (Fsp3) is 0.316. The maximum atomic E-state index is 4.00. The first-order valence-corrected chi connectivity index (χ1v) is 7.96. The van der Waals surface area contributed by atoms with Gasteiger partial charge in [-0.05, 0) is 30.0 Å². The Balaban J connectivity index is 0.00000127. The van der Waals surface area contributed by atoms with Crippen molar-refractivity contribution in [3.05, 3.63) is 66.2 Å². The zero-order valence-electron chi connectivity index (χ0n) is 14.3. The topological polar surface area (TPSA) is 48.5 Å². The van der Waals surface area contributed by atoms with Crippen LogP contribution >= 0.6 is 0 Å². The maximum Gasteiger partial charge on any atom is 0.0417 e. The molecule has 124 valence electrons. The lowest BCUT2D eigenvalue weighted by atomic mass is 10.00. The van der Waals surface area contributed by atoms with Gasteiger partial charge in [-0.15, -0.1) is 0 Å². The Hall–Kier alpha value is -2.49. The van der Waals surface area contributed by atoms with E-state index in [0.717, 1.165) is 42.2 Å². The van der Waals surface area contributed by atoms with Gasteiger partial charge in [-0.1, -0.05) is 45.7 Å². The minimum absolute atomic E-state index is 0.624. The highest BCUT2D eigenvalue weighted by atomic mass is 15.3. The summed E-state index contributed by atoms with van der Waals surface area (Å²) in [6.45, 7) is 19.9. The molecule has 0 spiro atoms. The fourth-order valence-corrected chi connectivity index (χ4v) is 2.30. The predicted octanol–water partition coefficient (Wildman–Crippen LogP) is 4.30. The first-order chi connectivity index (χ1) is 11.1. The molecule has 3 N–H and O–H groups in total. The summed E-state index contributed by atoms with van der Waals surface area (Å²) < 4.78 is 0. The molecule has 0 radical (unpaired) electrons. The van der Waals surface area contributed by atoms with Crippen LogP contribution in [0, 0.1) is 0 Å². The van der Waals surface area contributed by atoms with E-state index in [-0.39, 0.29) is 0 Å². The first-order valence-electron chi connectivity index (χ1n) is 7.96. The minimum Gasteiger partial charge on any atom is -0.384 e. The molecule has 4 heteroatoms. The van der Waals surface area contributed by atoms with E-state index < -0.39 is 0 Å². The van der Waals surface area contributed by atoms with Gasteiger partial charge in [-0.2, -0.15) is 5.10 Å². The van der Waals surface area contributed by atoms with E-state index in [9.17, 15) is 0 Å². The molecule has 0 aromatic heterocycles. The number of hydrogen-bond acceptors (Lipinski definition) is 4. The average molecular weight is 312 g/mol. The Morgan fingerprint density at radius 3 is 2.65 bits per heavy atom.